The van der Waals surface area contributed by atoms with Crippen LogP contribution >= 0.6 is 27.3 Å². The summed E-state index contributed by atoms with van der Waals surface area (Å²) >= 11 is 4.34. The average Bonchev–Trinajstić information content (AvgIpc) is 3.48. The zero-order valence-electron chi connectivity index (χ0n) is 19.3. The summed E-state index contributed by atoms with van der Waals surface area (Å²) in [4.78, 5) is 46.8. The van der Waals surface area contributed by atoms with Gasteiger partial charge in [0.1, 0.15) is 22.9 Å². The second kappa shape index (κ2) is 9.41. The van der Waals surface area contributed by atoms with Gasteiger partial charge in [0.25, 0.3) is 11.5 Å². The number of carbonyl (C=O) groups excluding carboxylic acids is 2. The maximum absolute atomic E-state index is 14.0. The lowest BCUT2D eigenvalue weighted by Gasteiger charge is -2.42. The molecule has 11 heteroatoms. The van der Waals surface area contributed by atoms with E-state index in [0.717, 1.165) is 24.2 Å². The number of hydrogen-bond acceptors (Lipinski definition) is 5. The summed E-state index contributed by atoms with van der Waals surface area (Å²) in [5, 5.41) is 0.227. The largest absolute Gasteiger partial charge is 0.335 e. The Morgan fingerprint density at radius 1 is 1.22 bits per heavy atom. The summed E-state index contributed by atoms with van der Waals surface area (Å²) < 4.78 is 29.2. The van der Waals surface area contributed by atoms with E-state index in [4.69, 9.17) is 0 Å². The highest BCUT2D eigenvalue weighted by Crippen LogP contribution is 2.37. The van der Waals surface area contributed by atoms with Gasteiger partial charge >= 0.3 is 0 Å². The lowest BCUT2D eigenvalue weighted by atomic mass is 9.99. The van der Waals surface area contributed by atoms with Gasteiger partial charge in [-0.3, -0.25) is 19.0 Å². The van der Waals surface area contributed by atoms with Gasteiger partial charge in [-0.2, -0.15) is 0 Å². The van der Waals surface area contributed by atoms with Crippen LogP contribution in [0.4, 0.5) is 8.78 Å². The van der Waals surface area contributed by atoms with Crippen molar-refractivity contribution in [1.29, 1.82) is 0 Å². The summed E-state index contributed by atoms with van der Waals surface area (Å²) in [5.41, 5.74) is -0.940. The molecule has 2 aliphatic heterocycles. The van der Waals surface area contributed by atoms with Gasteiger partial charge < -0.3 is 9.80 Å². The van der Waals surface area contributed by atoms with Crippen LogP contribution in [0.1, 0.15) is 24.6 Å². The monoisotopic (exact) mass is 574 g/mol. The van der Waals surface area contributed by atoms with Crippen LogP contribution in [0.15, 0.2) is 33.8 Å². The van der Waals surface area contributed by atoms with Gasteiger partial charge in [-0.15, -0.1) is 11.3 Å². The number of halogens is 3. The molecule has 0 radical (unpaired) electrons. The topological polar surface area (TPSA) is 75.5 Å². The van der Waals surface area contributed by atoms with E-state index in [2.05, 4.69) is 32.8 Å². The molecule has 2 saturated heterocycles. The van der Waals surface area contributed by atoms with E-state index in [9.17, 15) is 23.2 Å². The van der Waals surface area contributed by atoms with Gasteiger partial charge in [-0.25, -0.2) is 13.8 Å². The molecule has 4 heterocycles. The third-order valence-electron chi connectivity index (χ3n) is 6.26. The Balaban J connectivity index is 1.58. The number of carbonyl (C=O) groups is 2. The second-order valence-electron chi connectivity index (χ2n) is 9.21. The first-order chi connectivity index (χ1) is 17.1. The maximum atomic E-state index is 14.0. The molecule has 2 aliphatic rings. The van der Waals surface area contributed by atoms with Crippen LogP contribution in [-0.4, -0.2) is 63.0 Å². The Kier molecular flexibility index (Phi) is 6.43. The fraction of sp³-hybridized carbons (Fsp3) is 0.360. The lowest BCUT2D eigenvalue weighted by Crippen LogP contribution is -2.60. The quantitative estimate of drug-likeness (QED) is 0.448. The minimum Gasteiger partial charge on any atom is -0.335 e. The summed E-state index contributed by atoms with van der Waals surface area (Å²) in [6.07, 6.45) is 3.16. The fourth-order valence-electron chi connectivity index (χ4n) is 4.44. The van der Waals surface area contributed by atoms with Gasteiger partial charge in [0.2, 0.25) is 5.91 Å². The van der Waals surface area contributed by atoms with E-state index < -0.39 is 17.0 Å². The number of fused-ring (bicyclic) bond motifs is 1. The van der Waals surface area contributed by atoms with Crippen molar-refractivity contribution in [2.75, 3.05) is 26.2 Å². The Hall–Kier alpha value is -3.10. The molecular formula is C25H21BrF2N4O3S. The molecule has 36 heavy (non-hydrogen) atoms. The number of rotatable bonds is 3. The summed E-state index contributed by atoms with van der Waals surface area (Å²) in [6, 6.07) is 4.33. The molecule has 0 saturated carbocycles. The Morgan fingerprint density at radius 3 is 2.61 bits per heavy atom. The van der Waals surface area contributed by atoms with Crippen molar-refractivity contribution in [3.05, 3.63) is 50.0 Å². The molecule has 2 aromatic heterocycles. The normalized spacial score (nSPS) is 16.6. The van der Waals surface area contributed by atoms with Gasteiger partial charge in [-0.1, -0.05) is 6.07 Å². The van der Waals surface area contributed by atoms with Crippen LogP contribution in [0.25, 0.3) is 21.3 Å². The highest BCUT2D eigenvalue weighted by molar-refractivity contribution is 9.10. The molecule has 0 bridgehead atoms. The van der Waals surface area contributed by atoms with E-state index >= 15 is 0 Å². The molecule has 3 aromatic rings. The molecule has 0 aliphatic carbocycles. The zero-order chi connectivity index (χ0) is 25.6. The molecule has 0 atom stereocenters. The number of thiophene rings is 1. The number of alkyl halides is 1. The first-order valence-electron chi connectivity index (χ1n) is 11.4. The Labute approximate surface area is 217 Å². The molecule has 2 amide bonds. The number of aromatic nitrogens is 2. The van der Waals surface area contributed by atoms with Crippen molar-refractivity contribution in [3.8, 4) is 23.0 Å². The van der Waals surface area contributed by atoms with E-state index in [1.807, 2.05) is 0 Å². The first kappa shape index (κ1) is 24.6. The number of nitrogens with zero attached hydrogens (tertiary/aromatic N) is 4. The van der Waals surface area contributed by atoms with Crippen molar-refractivity contribution < 1.29 is 18.4 Å². The molecule has 0 N–H and O–H groups in total. The molecule has 0 spiro atoms. The molecule has 0 unspecified atom stereocenters. The van der Waals surface area contributed by atoms with Gasteiger partial charge in [0, 0.05) is 24.6 Å². The van der Waals surface area contributed by atoms with Gasteiger partial charge in [-0.05, 0) is 59.3 Å². The van der Waals surface area contributed by atoms with Gasteiger partial charge in [0.15, 0.2) is 0 Å². The lowest BCUT2D eigenvalue weighted by molar-refractivity contribution is -0.144. The molecule has 186 valence electrons. The molecule has 5 rings (SSSR count). The molecule has 1 aromatic carbocycles. The van der Waals surface area contributed by atoms with Crippen LogP contribution in [0.2, 0.25) is 0 Å². The zero-order valence-corrected chi connectivity index (χ0v) is 21.7. The van der Waals surface area contributed by atoms with Crippen molar-refractivity contribution >= 4 is 49.3 Å². The fourth-order valence-corrected chi connectivity index (χ4v) is 5.82. The average molecular weight is 575 g/mol. The highest BCUT2D eigenvalue weighted by atomic mass is 79.9. The predicted octanol–water partition coefficient (Wildman–Crippen LogP) is 3.57. The van der Waals surface area contributed by atoms with Crippen LogP contribution in [0, 0.1) is 17.7 Å². The standard InChI is InChI=1S/C25H21BrF2N4O3S/c1-25(28)12-32(13-25)20(34)11-31-14-29-23-22(24(31)35)21(15-4-5-17(27)16(26)10-15)18(36-23)6-7-19(33)30-8-2-3-9-30/h4-5,10,14H,2-3,8-9,11-13H2,1H3. The predicted molar refractivity (Wildman–Crippen MR) is 136 cm³/mol. The summed E-state index contributed by atoms with van der Waals surface area (Å²) in [6.45, 7) is 2.43. The van der Waals surface area contributed by atoms with Gasteiger partial charge in [0.05, 0.1) is 34.2 Å². The van der Waals surface area contributed by atoms with Crippen LogP contribution in [0.5, 0.6) is 0 Å². The highest BCUT2D eigenvalue weighted by Gasteiger charge is 2.41. The minimum atomic E-state index is -1.42. The molecule has 7 nitrogen and oxygen atoms in total. The third-order valence-corrected chi connectivity index (χ3v) is 7.88. The van der Waals surface area contributed by atoms with Crippen molar-refractivity contribution in [3.63, 3.8) is 0 Å². The third kappa shape index (κ3) is 4.67. The van der Waals surface area contributed by atoms with E-state index in [-0.39, 0.29) is 41.3 Å². The maximum Gasteiger partial charge on any atom is 0.298 e. The molecule has 2 fully saturated rings. The van der Waals surface area contributed by atoms with Crippen molar-refractivity contribution in [2.45, 2.75) is 32.0 Å². The smallest absolute Gasteiger partial charge is 0.298 e. The first-order valence-corrected chi connectivity index (χ1v) is 13.0. The summed E-state index contributed by atoms with van der Waals surface area (Å²) in [7, 11) is 0. The van der Waals surface area contributed by atoms with E-state index in [0.29, 0.717) is 33.9 Å². The van der Waals surface area contributed by atoms with Crippen molar-refractivity contribution in [1.82, 2.24) is 19.4 Å². The number of amides is 2. The van der Waals surface area contributed by atoms with E-state index in [1.54, 1.807) is 4.90 Å². The van der Waals surface area contributed by atoms with Crippen LogP contribution in [0.3, 0.4) is 0 Å². The van der Waals surface area contributed by atoms with Crippen molar-refractivity contribution in [2.24, 2.45) is 0 Å². The SMILES string of the molecule is CC1(F)CN(C(=O)Cn2cnc3sc(C#CC(=O)N4CCCC4)c(-c4ccc(F)c(Br)c4)c3c2=O)C1. The minimum absolute atomic E-state index is 0.0195. The van der Waals surface area contributed by atoms with Crippen LogP contribution in [-0.2, 0) is 16.1 Å². The molecular weight excluding hydrogens is 554 g/mol. The number of likely N-dealkylation sites (tertiary alicyclic amines) is 2. The van der Waals surface area contributed by atoms with Crippen LogP contribution < -0.4 is 5.56 Å². The Morgan fingerprint density at radius 2 is 1.94 bits per heavy atom. The number of benzene rings is 1. The summed E-state index contributed by atoms with van der Waals surface area (Å²) in [5.74, 6) is 4.44. The van der Waals surface area contributed by atoms with E-state index in [1.165, 1.54) is 40.9 Å². The number of hydrogen-bond donors (Lipinski definition) is 0. The second-order valence-corrected chi connectivity index (χ2v) is 11.1. The Bertz CT molecular complexity index is 1510.